The van der Waals surface area contributed by atoms with Gasteiger partial charge in [0.1, 0.15) is 11.6 Å². The van der Waals surface area contributed by atoms with Gasteiger partial charge in [-0.25, -0.2) is 9.37 Å². The van der Waals surface area contributed by atoms with Gasteiger partial charge in [0.05, 0.1) is 23.5 Å². The van der Waals surface area contributed by atoms with Gasteiger partial charge in [0, 0.05) is 23.8 Å². The molecule has 8 heteroatoms. The second kappa shape index (κ2) is 10.1. The molecule has 0 saturated carbocycles. The van der Waals surface area contributed by atoms with Crippen LogP contribution in [0.15, 0.2) is 59.2 Å². The van der Waals surface area contributed by atoms with E-state index in [9.17, 15) is 9.18 Å². The monoisotopic (exact) mass is 457 g/mol. The first kappa shape index (κ1) is 20.9. The van der Waals surface area contributed by atoms with E-state index in [1.54, 1.807) is 18.3 Å². The molecule has 0 aliphatic carbocycles. The number of hydrogen-bond donors (Lipinski definition) is 3. The molecule has 0 fully saturated rings. The van der Waals surface area contributed by atoms with Gasteiger partial charge in [0.25, 0.3) is 5.91 Å². The summed E-state index contributed by atoms with van der Waals surface area (Å²) in [5.74, 6) is -0.0746. The summed E-state index contributed by atoms with van der Waals surface area (Å²) in [6.07, 6.45) is 2.22. The molecule has 0 aliphatic rings. The van der Waals surface area contributed by atoms with Gasteiger partial charge in [-0.1, -0.05) is 18.2 Å². The third kappa shape index (κ3) is 6.07. The molecule has 3 aromatic rings. The van der Waals surface area contributed by atoms with E-state index in [0.717, 1.165) is 17.0 Å². The maximum Gasteiger partial charge on any atom is 0.255 e. The van der Waals surface area contributed by atoms with Crippen LogP contribution in [0.2, 0.25) is 0 Å². The van der Waals surface area contributed by atoms with Crippen molar-refractivity contribution in [3.63, 3.8) is 0 Å². The van der Waals surface area contributed by atoms with Gasteiger partial charge in [0.2, 0.25) is 0 Å². The van der Waals surface area contributed by atoms with E-state index in [1.807, 2.05) is 24.3 Å². The number of anilines is 1. The molecule has 2 heterocycles. The predicted octanol–water partition coefficient (Wildman–Crippen LogP) is 3.42. The van der Waals surface area contributed by atoms with Crippen molar-refractivity contribution >= 4 is 27.7 Å². The van der Waals surface area contributed by atoms with Crippen LogP contribution < -0.4 is 16.4 Å². The first-order valence-corrected chi connectivity index (χ1v) is 9.91. The summed E-state index contributed by atoms with van der Waals surface area (Å²) in [5.41, 5.74) is 8.38. The van der Waals surface area contributed by atoms with Gasteiger partial charge in [-0.05, 0) is 58.2 Å². The quantitative estimate of drug-likeness (QED) is 0.481. The lowest BCUT2D eigenvalue weighted by atomic mass is 10.1. The van der Waals surface area contributed by atoms with E-state index in [2.05, 4.69) is 36.5 Å². The number of amides is 1. The lowest BCUT2D eigenvalue weighted by Crippen LogP contribution is -2.25. The predicted molar refractivity (Wildman–Crippen MR) is 114 cm³/mol. The van der Waals surface area contributed by atoms with Crippen LogP contribution in [0.5, 0.6) is 0 Å². The van der Waals surface area contributed by atoms with Crippen LogP contribution in [-0.2, 0) is 19.5 Å². The zero-order valence-corrected chi connectivity index (χ0v) is 17.2. The molecule has 6 nitrogen and oxygen atoms in total. The molecule has 1 amide bonds. The van der Waals surface area contributed by atoms with Gasteiger partial charge >= 0.3 is 0 Å². The SMILES string of the molecule is NCc1cccc(CNC(=O)c2cc(Br)cnc2NCCc2cccc(F)c2)n1. The minimum atomic E-state index is -0.271. The Bertz CT molecular complexity index is 998. The molecule has 0 radical (unpaired) electrons. The Labute approximate surface area is 176 Å². The first-order valence-electron chi connectivity index (χ1n) is 9.12. The fraction of sp³-hybridized carbons (Fsp3) is 0.190. The average Bonchev–Trinajstić information content (AvgIpc) is 2.73. The van der Waals surface area contributed by atoms with Gasteiger partial charge in [-0.15, -0.1) is 0 Å². The number of benzene rings is 1. The molecule has 0 atom stereocenters. The number of carbonyl (C=O) groups is 1. The van der Waals surface area contributed by atoms with E-state index in [0.29, 0.717) is 35.4 Å². The largest absolute Gasteiger partial charge is 0.369 e. The summed E-state index contributed by atoms with van der Waals surface area (Å²) in [6.45, 7) is 1.14. The maximum atomic E-state index is 13.3. The van der Waals surface area contributed by atoms with E-state index in [-0.39, 0.29) is 18.3 Å². The Morgan fingerprint density at radius 1 is 1.14 bits per heavy atom. The topological polar surface area (TPSA) is 92.9 Å². The third-order valence-corrected chi connectivity index (χ3v) is 4.63. The molecule has 0 spiro atoms. The fourth-order valence-electron chi connectivity index (χ4n) is 2.78. The number of halogens is 2. The summed E-state index contributed by atoms with van der Waals surface area (Å²) in [6, 6.07) is 13.7. The molecular weight excluding hydrogens is 437 g/mol. The van der Waals surface area contributed by atoms with Crippen molar-refractivity contribution in [2.24, 2.45) is 5.73 Å². The summed E-state index contributed by atoms with van der Waals surface area (Å²) >= 11 is 3.35. The van der Waals surface area contributed by atoms with Crippen molar-refractivity contribution in [3.05, 3.63) is 87.5 Å². The van der Waals surface area contributed by atoms with Crippen molar-refractivity contribution in [2.75, 3.05) is 11.9 Å². The van der Waals surface area contributed by atoms with Crippen molar-refractivity contribution < 1.29 is 9.18 Å². The second-order valence-electron chi connectivity index (χ2n) is 6.36. The summed E-state index contributed by atoms with van der Waals surface area (Å²) in [4.78, 5) is 21.4. The Morgan fingerprint density at radius 3 is 2.72 bits per heavy atom. The number of carbonyl (C=O) groups excluding carboxylic acids is 1. The minimum absolute atomic E-state index is 0.267. The van der Waals surface area contributed by atoms with Crippen LogP contribution in [0, 0.1) is 5.82 Å². The van der Waals surface area contributed by atoms with Crippen molar-refractivity contribution in [1.82, 2.24) is 15.3 Å². The first-order chi connectivity index (χ1) is 14.0. The maximum absolute atomic E-state index is 13.3. The van der Waals surface area contributed by atoms with Gasteiger partial charge in [-0.2, -0.15) is 0 Å². The van der Waals surface area contributed by atoms with Gasteiger partial charge in [-0.3, -0.25) is 9.78 Å². The Balaban J connectivity index is 1.64. The minimum Gasteiger partial charge on any atom is -0.369 e. The van der Waals surface area contributed by atoms with Crippen molar-refractivity contribution in [1.29, 1.82) is 0 Å². The molecule has 150 valence electrons. The lowest BCUT2D eigenvalue weighted by Gasteiger charge is -2.12. The van der Waals surface area contributed by atoms with Crippen LogP contribution in [-0.4, -0.2) is 22.4 Å². The van der Waals surface area contributed by atoms with Gasteiger partial charge < -0.3 is 16.4 Å². The Hall–Kier alpha value is -2.84. The van der Waals surface area contributed by atoms with E-state index in [1.165, 1.54) is 12.1 Å². The zero-order chi connectivity index (χ0) is 20.6. The third-order valence-electron chi connectivity index (χ3n) is 4.20. The molecule has 4 N–H and O–H groups in total. The lowest BCUT2D eigenvalue weighted by molar-refractivity contribution is 0.0951. The van der Waals surface area contributed by atoms with Crippen molar-refractivity contribution in [2.45, 2.75) is 19.5 Å². The van der Waals surface area contributed by atoms with Crippen LogP contribution >= 0.6 is 15.9 Å². The fourth-order valence-corrected chi connectivity index (χ4v) is 3.11. The number of aromatic nitrogens is 2. The smallest absolute Gasteiger partial charge is 0.255 e. The summed E-state index contributed by atoms with van der Waals surface area (Å²) in [7, 11) is 0. The molecule has 0 saturated heterocycles. The number of hydrogen-bond acceptors (Lipinski definition) is 5. The normalized spacial score (nSPS) is 10.6. The molecular formula is C21H21BrFN5O. The Morgan fingerprint density at radius 2 is 1.93 bits per heavy atom. The number of rotatable bonds is 8. The highest BCUT2D eigenvalue weighted by Gasteiger charge is 2.14. The van der Waals surface area contributed by atoms with Crippen LogP contribution in [0.25, 0.3) is 0 Å². The number of nitrogens with two attached hydrogens (primary N) is 1. The number of nitrogens with zero attached hydrogens (tertiary/aromatic N) is 2. The molecule has 3 rings (SSSR count). The zero-order valence-electron chi connectivity index (χ0n) is 15.7. The van der Waals surface area contributed by atoms with E-state index in [4.69, 9.17) is 5.73 Å². The highest BCUT2D eigenvalue weighted by molar-refractivity contribution is 9.10. The number of pyridine rings is 2. The molecule has 1 aromatic carbocycles. The average molecular weight is 458 g/mol. The molecule has 2 aromatic heterocycles. The van der Waals surface area contributed by atoms with Gasteiger partial charge in [0.15, 0.2) is 0 Å². The molecule has 0 bridgehead atoms. The highest BCUT2D eigenvalue weighted by atomic mass is 79.9. The molecule has 29 heavy (non-hydrogen) atoms. The van der Waals surface area contributed by atoms with Crippen LogP contribution in [0.4, 0.5) is 10.2 Å². The Kier molecular flexibility index (Phi) is 7.26. The number of nitrogens with one attached hydrogen (secondary N) is 2. The van der Waals surface area contributed by atoms with E-state index >= 15 is 0 Å². The second-order valence-corrected chi connectivity index (χ2v) is 7.28. The summed E-state index contributed by atoms with van der Waals surface area (Å²) < 4.78 is 14.0. The molecule has 0 aliphatic heterocycles. The van der Waals surface area contributed by atoms with Crippen LogP contribution in [0.3, 0.4) is 0 Å². The molecule has 0 unspecified atom stereocenters. The standard InChI is InChI=1S/C21H21BrFN5O/c22-15-10-19(21(29)27-13-18-6-2-5-17(11-24)28-18)20(26-12-15)25-8-7-14-3-1-4-16(23)9-14/h1-6,9-10,12H,7-8,11,13,24H2,(H,25,26)(H,27,29). The highest BCUT2D eigenvalue weighted by Crippen LogP contribution is 2.18. The summed E-state index contributed by atoms with van der Waals surface area (Å²) in [5, 5.41) is 6.02. The van der Waals surface area contributed by atoms with E-state index < -0.39 is 0 Å². The van der Waals surface area contributed by atoms with Crippen molar-refractivity contribution in [3.8, 4) is 0 Å². The van der Waals surface area contributed by atoms with Crippen LogP contribution in [0.1, 0.15) is 27.3 Å².